The molecule has 0 saturated heterocycles. The SMILES string of the molecule is N#Cc1ccc(NC(=O)COC(=O)c2n[nH]c(=O)c3ccccc23)cc1Cl. The number of halogens is 1. The third kappa shape index (κ3) is 3.94. The Kier molecular flexibility index (Phi) is 5.15. The second-order valence-electron chi connectivity index (χ2n) is 5.38. The Morgan fingerprint density at radius 1 is 1.22 bits per heavy atom. The van der Waals surface area contributed by atoms with Crippen LogP contribution in [0.25, 0.3) is 10.8 Å². The molecule has 2 N–H and O–H groups in total. The van der Waals surface area contributed by atoms with Crippen LogP contribution in [0.5, 0.6) is 0 Å². The number of esters is 1. The number of nitrogens with zero attached hydrogens (tertiary/aromatic N) is 2. The molecule has 2 aromatic carbocycles. The van der Waals surface area contributed by atoms with E-state index < -0.39 is 24.0 Å². The Hall–Kier alpha value is -3.70. The molecule has 0 aliphatic heterocycles. The lowest BCUT2D eigenvalue weighted by atomic mass is 10.1. The Bertz CT molecular complexity index is 1150. The second kappa shape index (κ2) is 7.68. The number of H-pyrrole nitrogens is 1. The monoisotopic (exact) mass is 382 g/mol. The number of ether oxygens (including phenoxy) is 1. The number of anilines is 1. The molecule has 0 aliphatic carbocycles. The molecule has 0 atom stereocenters. The Morgan fingerprint density at radius 2 is 1.96 bits per heavy atom. The molecule has 1 aromatic heterocycles. The summed E-state index contributed by atoms with van der Waals surface area (Å²) in [6, 6.07) is 12.7. The van der Waals surface area contributed by atoms with Crippen LogP contribution in [-0.2, 0) is 9.53 Å². The van der Waals surface area contributed by atoms with Gasteiger partial charge in [-0.25, -0.2) is 9.89 Å². The van der Waals surface area contributed by atoms with E-state index in [1.54, 1.807) is 24.3 Å². The van der Waals surface area contributed by atoms with E-state index in [2.05, 4.69) is 15.5 Å². The van der Waals surface area contributed by atoms with Crippen molar-refractivity contribution in [2.75, 3.05) is 11.9 Å². The van der Waals surface area contributed by atoms with Crippen molar-refractivity contribution in [1.29, 1.82) is 5.26 Å². The smallest absolute Gasteiger partial charge is 0.359 e. The van der Waals surface area contributed by atoms with Crippen LogP contribution in [0.1, 0.15) is 16.1 Å². The minimum absolute atomic E-state index is 0.0978. The van der Waals surface area contributed by atoms with Gasteiger partial charge in [0, 0.05) is 11.1 Å². The van der Waals surface area contributed by atoms with Crippen LogP contribution in [0.3, 0.4) is 0 Å². The van der Waals surface area contributed by atoms with E-state index in [4.69, 9.17) is 21.6 Å². The van der Waals surface area contributed by atoms with Gasteiger partial charge in [0.2, 0.25) is 0 Å². The number of aromatic nitrogens is 2. The minimum atomic E-state index is -0.851. The highest BCUT2D eigenvalue weighted by atomic mass is 35.5. The molecule has 9 heteroatoms. The molecule has 0 fully saturated rings. The zero-order valence-electron chi connectivity index (χ0n) is 13.7. The van der Waals surface area contributed by atoms with Crippen LogP contribution in [-0.4, -0.2) is 28.7 Å². The number of hydrogen-bond acceptors (Lipinski definition) is 6. The Balaban J connectivity index is 1.68. The summed E-state index contributed by atoms with van der Waals surface area (Å²) in [6.45, 7) is -0.564. The normalized spacial score (nSPS) is 10.2. The van der Waals surface area contributed by atoms with Gasteiger partial charge in [-0.2, -0.15) is 10.4 Å². The van der Waals surface area contributed by atoms with E-state index in [1.165, 1.54) is 18.2 Å². The number of rotatable bonds is 4. The number of carbonyl (C=O) groups excluding carboxylic acids is 2. The fraction of sp³-hybridized carbons (Fsp3) is 0.0556. The Morgan fingerprint density at radius 3 is 2.67 bits per heavy atom. The number of nitrogens with one attached hydrogen (secondary N) is 2. The van der Waals surface area contributed by atoms with Crippen LogP contribution < -0.4 is 10.9 Å². The summed E-state index contributed by atoms with van der Waals surface area (Å²) in [5.74, 6) is -1.45. The van der Waals surface area contributed by atoms with E-state index in [0.29, 0.717) is 11.1 Å². The summed E-state index contributed by atoms with van der Waals surface area (Å²) in [6.07, 6.45) is 0. The number of fused-ring (bicyclic) bond motifs is 1. The maximum atomic E-state index is 12.2. The average molecular weight is 383 g/mol. The number of nitriles is 1. The van der Waals surface area contributed by atoms with Crippen molar-refractivity contribution in [3.8, 4) is 6.07 Å². The molecule has 27 heavy (non-hydrogen) atoms. The van der Waals surface area contributed by atoms with Gasteiger partial charge in [-0.15, -0.1) is 0 Å². The lowest BCUT2D eigenvalue weighted by Crippen LogP contribution is -2.22. The molecule has 134 valence electrons. The van der Waals surface area contributed by atoms with Crippen molar-refractivity contribution in [3.05, 3.63) is 69.1 Å². The standard InChI is InChI=1S/C18H11ClN4O4/c19-14-7-11(6-5-10(14)8-20)21-15(24)9-27-18(26)16-12-3-1-2-4-13(12)17(25)23-22-16/h1-7H,9H2,(H,21,24)(H,23,25). The summed E-state index contributed by atoms with van der Waals surface area (Å²) in [5.41, 5.74) is 0.0989. The number of hydrogen-bond donors (Lipinski definition) is 2. The van der Waals surface area contributed by atoms with Gasteiger partial charge in [-0.3, -0.25) is 9.59 Å². The molecule has 8 nitrogen and oxygen atoms in total. The van der Waals surface area contributed by atoms with Gasteiger partial charge in [0.1, 0.15) is 6.07 Å². The predicted molar refractivity (Wildman–Crippen MR) is 97.4 cm³/mol. The van der Waals surface area contributed by atoms with Gasteiger partial charge >= 0.3 is 5.97 Å². The fourth-order valence-corrected chi connectivity index (χ4v) is 2.57. The third-order valence-corrected chi connectivity index (χ3v) is 3.91. The van der Waals surface area contributed by atoms with Gasteiger partial charge in [-0.05, 0) is 24.3 Å². The number of benzene rings is 2. The van der Waals surface area contributed by atoms with Crippen LogP contribution >= 0.6 is 11.6 Å². The molecular weight excluding hydrogens is 372 g/mol. The number of carbonyl (C=O) groups is 2. The lowest BCUT2D eigenvalue weighted by molar-refractivity contribution is -0.119. The zero-order chi connectivity index (χ0) is 19.4. The van der Waals surface area contributed by atoms with Crippen molar-refractivity contribution in [3.63, 3.8) is 0 Å². The molecule has 0 aliphatic rings. The first kappa shape index (κ1) is 18.1. The Labute approximate surface area is 157 Å². The van der Waals surface area contributed by atoms with Crippen LogP contribution in [0.15, 0.2) is 47.3 Å². The van der Waals surface area contributed by atoms with Gasteiger partial charge in [-0.1, -0.05) is 29.8 Å². The fourth-order valence-electron chi connectivity index (χ4n) is 2.35. The highest BCUT2D eigenvalue weighted by Crippen LogP contribution is 2.20. The number of aromatic amines is 1. The second-order valence-corrected chi connectivity index (χ2v) is 5.78. The minimum Gasteiger partial charge on any atom is -0.451 e. The highest BCUT2D eigenvalue weighted by Gasteiger charge is 2.17. The topological polar surface area (TPSA) is 125 Å². The van der Waals surface area contributed by atoms with Crippen molar-refractivity contribution in [1.82, 2.24) is 10.2 Å². The molecule has 3 aromatic rings. The van der Waals surface area contributed by atoms with E-state index in [1.807, 2.05) is 6.07 Å². The molecule has 0 unspecified atom stereocenters. The van der Waals surface area contributed by atoms with Crippen molar-refractivity contribution < 1.29 is 14.3 Å². The summed E-state index contributed by atoms with van der Waals surface area (Å²) in [5, 5.41) is 18.1. The molecule has 0 saturated carbocycles. The van der Waals surface area contributed by atoms with Crippen LogP contribution in [0.2, 0.25) is 5.02 Å². The summed E-state index contributed by atoms with van der Waals surface area (Å²) in [7, 11) is 0. The largest absolute Gasteiger partial charge is 0.451 e. The highest BCUT2D eigenvalue weighted by molar-refractivity contribution is 6.32. The molecule has 1 amide bonds. The van der Waals surface area contributed by atoms with Crippen molar-refractivity contribution in [2.45, 2.75) is 0 Å². The van der Waals surface area contributed by atoms with E-state index in [-0.39, 0.29) is 21.7 Å². The van der Waals surface area contributed by atoms with E-state index in [0.717, 1.165) is 0 Å². The first-order chi connectivity index (χ1) is 13.0. The van der Waals surface area contributed by atoms with Crippen LogP contribution in [0, 0.1) is 11.3 Å². The summed E-state index contributed by atoms with van der Waals surface area (Å²) < 4.78 is 4.96. The molecule has 1 heterocycles. The summed E-state index contributed by atoms with van der Waals surface area (Å²) >= 11 is 5.89. The molecular formula is C18H11ClN4O4. The predicted octanol–water partition coefficient (Wildman–Crippen LogP) is 2.24. The van der Waals surface area contributed by atoms with Gasteiger partial charge < -0.3 is 10.1 Å². The van der Waals surface area contributed by atoms with E-state index >= 15 is 0 Å². The van der Waals surface area contributed by atoms with Gasteiger partial charge in [0.05, 0.1) is 16.0 Å². The average Bonchev–Trinajstić information content (AvgIpc) is 2.67. The summed E-state index contributed by atoms with van der Waals surface area (Å²) in [4.78, 5) is 35.9. The van der Waals surface area contributed by atoms with E-state index in [9.17, 15) is 14.4 Å². The first-order valence-corrected chi connectivity index (χ1v) is 8.01. The lowest BCUT2D eigenvalue weighted by Gasteiger charge is -2.08. The van der Waals surface area contributed by atoms with Crippen molar-refractivity contribution in [2.24, 2.45) is 0 Å². The number of amides is 1. The first-order valence-electron chi connectivity index (χ1n) is 7.63. The molecule has 0 radical (unpaired) electrons. The van der Waals surface area contributed by atoms with Gasteiger partial charge in [0.15, 0.2) is 12.3 Å². The maximum absolute atomic E-state index is 12.2. The maximum Gasteiger partial charge on any atom is 0.359 e. The van der Waals surface area contributed by atoms with Crippen molar-refractivity contribution >= 4 is 39.9 Å². The van der Waals surface area contributed by atoms with Gasteiger partial charge in [0.25, 0.3) is 11.5 Å². The molecule has 3 rings (SSSR count). The van der Waals surface area contributed by atoms with Crippen LogP contribution in [0.4, 0.5) is 5.69 Å². The quantitative estimate of drug-likeness (QED) is 0.666. The third-order valence-electron chi connectivity index (χ3n) is 3.60. The zero-order valence-corrected chi connectivity index (χ0v) is 14.4. The molecule has 0 spiro atoms. The molecule has 0 bridgehead atoms.